The summed E-state index contributed by atoms with van der Waals surface area (Å²) in [5.74, 6) is -1.31. The summed E-state index contributed by atoms with van der Waals surface area (Å²) >= 11 is 0. The molecular weight excluding hydrogens is 266 g/mol. The van der Waals surface area contributed by atoms with Crippen molar-refractivity contribution in [3.05, 3.63) is 35.4 Å². The second kappa shape index (κ2) is 6.65. The number of carbonyl (C=O) groups is 1. The Morgan fingerprint density at radius 1 is 1.25 bits per heavy atom. The lowest BCUT2D eigenvalue weighted by molar-refractivity contribution is 0.0523. The van der Waals surface area contributed by atoms with Gasteiger partial charge in [-0.15, -0.1) is 0 Å². The fraction of sp³-hybridized carbons (Fsp3) is 0.500. The molecule has 0 aliphatic rings. The van der Waals surface area contributed by atoms with E-state index >= 15 is 0 Å². The fourth-order valence-corrected chi connectivity index (χ4v) is 1.66. The Hall–Kier alpha value is -1.69. The van der Waals surface area contributed by atoms with Gasteiger partial charge in [-0.25, -0.2) is 13.6 Å². The number of alkyl carbamates (subject to hydrolysis) is 1. The molecule has 0 radical (unpaired) electrons. The number of likely N-dealkylation sites (N-methyl/N-ethyl adjacent to an activating group) is 1. The van der Waals surface area contributed by atoms with E-state index in [0.717, 1.165) is 6.07 Å². The molecular formula is C14H20F2N2O2. The van der Waals surface area contributed by atoms with E-state index in [9.17, 15) is 13.6 Å². The maximum Gasteiger partial charge on any atom is 0.407 e. The van der Waals surface area contributed by atoms with Crippen molar-refractivity contribution in [1.82, 2.24) is 10.6 Å². The monoisotopic (exact) mass is 286 g/mol. The highest BCUT2D eigenvalue weighted by atomic mass is 19.1. The van der Waals surface area contributed by atoms with E-state index < -0.39 is 29.4 Å². The smallest absolute Gasteiger partial charge is 0.407 e. The predicted molar refractivity (Wildman–Crippen MR) is 72.4 cm³/mol. The van der Waals surface area contributed by atoms with E-state index in [1.54, 1.807) is 27.8 Å². The van der Waals surface area contributed by atoms with Crippen LogP contribution in [0.5, 0.6) is 0 Å². The lowest BCUT2D eigenvalue weighted by Gasteiger charge is -2.22. The summed E-state index contributed by atoms with van der Waals surface area (Å²) in [6, 6.07) is 2.84. The van der Waals surface area contributed by atoms with Crippen LogP contribution in [0.1, 0.15) is 32.4 Å². The first-order valence-corrected chi connectivity index (χ1v) is 6.31. The molecule has 0 aliphatic heterocycles. The molecule has 0 aromatic heterocycles. The van der Waals surface area contributed by atoms with Crippen molar-refractivity contribution in [3.8, 4) is 0 Å². The summed E-state index contributed by atoms with van der Waals surface area (Å²) in [5.41, 5.74) is -0.175. The van der Waals surface area contributed by atoms with Gasteiger partial charge < -0.3 is 15.4 Å². The Morgan fingerprint density at radius 3 is 2.25 bits per heavy atom. The third-order valence-corrected chi connectivity index (χ3v) is 2.49. The minimum atomic E-state index is -0.655. The van der Waals surface area contributed by atoms with Crippen molar-refractivity contribution in [1.29, 1.82) is 0 Å². The number of ether oxygens (including phenoxy) is 1. The maximum absolute atomic E-state index is 13.2. The summed E-state index contributed by atoms with van der Waals surface area (Å²) < 4.78 is 31.4. The highest BCUT2D eigenvalue weighted by Crippen LogP contribution is 2.16. The summed E-state index contributed by atoms with van der Waals surface area (Å²) in [6.07, 6.45) is -0.574. The van der Waals surface area contributed by atoms with Crippen LogP contribution in [0.2, 0.25) is 0 Å². The zero-order valence-corrected chi connectivity index (χ0v) is 12.1. The Morgan fingerprint density at radius 2 is 1.80 bits per heavy atom. The van der Waals surface area contributed by atoms with Gasteiger partial charge in [0.25, 0.3) is 0 Å². The van der Waals surface area contributed by atoms with Gasteiger partial charge in [-0.2, -0.15) is 0 Å². The molecule has 0 aliphatic carbocycles. The molecule has 1 amide bonds. The molecule has 0 bridgehead atoms. The second-order valence-electron chi connectivity index (χ2n) is 5.43. The fourth-order valence-electron chi connectivity index (χ4n) is 1.66. The van der Waals surface area contributed by atoms with Crippen LogP contribution in [-0.2, 0) is 4.74 Å². The standard InChI is InChI=1S/C14H20F2N2O2/c1-14(2,3)20-13(19)18-8-12(17-4)9-5-10(15)7-11(16)6-9/h5-7,12,17H,8H2,1-4H3,(H,18,19). The molecule has 1 aromatic rings. The Kier molecular flexibility index (Phi) is 5.44. The lowest BCUT2D eigenvalue weighted by Crippen LogP contribution is -2.37. The molecule has 0 spiro atoms. The van der Waals surface area contributed by atoms with Crippen molar-refractivity contribution in [2.45, 2.75) is 32.4 Å². The van der Waals surface area contributed by atoms with Gasteiger partial charge in [0.15, 0.2) is 0 Å². The van der Waals surface area contributed by atoms with Crippen LogP contribution in [0.4, 0.5) is 13.6 Å². The molecule has 4 nitrogen and oxygen atoms in total. The van der Waals surface area contributed by atoms with Gasteiger partial charge in [0.05, 0.1) is 0 Å². The van der Waals surface area contributed by atoms with Crippen LogP contribution in [0, 0.1) is 11.6 Å². The van der Waals surface area contributed by atoms with Crippen LogP contribution < -0.4 is 10.6 Å². The average molecular weight is 286 g/mol. The van der Waals surface area contributed by atoms with E-state index in [-0.39, 0.29) is 6.54 Å². The number of amides is 1. The van der Waals surface area contributed by atoms with Crippen molar-refractivity contribution in [2.75, 3.05) is 13.6 Å². The molecule has 6 heteroatoms. The summed E-state index contributed by atoms with van der Waals surface area (Å²) in [5, 5.41) is 5.45. The largest absolute Gasteiger partial charge is 0.444 e. The molecule has 0 fully saturated rings. The molecule has 1 unspecified atom stereocenters. The highest BCUT2D eigenvalue weighted by molar-refractivity contribution is 5.67. The summed E-state index contributed by atoms with van der Waals surface area (Å²) in [4.78, 5) is 11.5. The first-order valence-electron chi connectivity index (χ1n) is 6.31. The Labute approximate surface area is 117 Å². The molecule has 20 heavy (non-hydrogen) atoms. The van der Waals surface area contributed by atoms with Crippen LogP contribution in [-0.4, -0.2) is 25.3 Å². The van der Waals surface area contributed by atoms with Crippen LogP contribution >= 0.6 is 0 Å². The molecule has 1 atom stereocenters. The first-order chi connectivity index (χ1) is 9.21. The Bertz CT molecular complexity index is 452. The van der Waals surface area contributed by atoms with E-state index in [4.69, 9.17) is 4.74 Å². The molecule has 2 N–H and O–H groups in total. The van der Waals surface area contributed by atoms with E-state index in [1.807, 2.05) is 0 Å². The van der Waals surface area contributed by atoms with Crippen LogP contribution in [0.25, 0.3) is 0 Å². The Balaban J connectivity index is 2.66. The van der Waals surface area contributed by atoms with Gasteiger partial charge in [-0.3, -0.25) is 0 Å². The van der Waals surface area contributed by atoms with E-state index in [2.05, 4.69) is 10.6 Å². The zero-order valence-electron chi connectivity index (χ0n) is 12.1. The van der Waals surface area contributed by atoms with Gasteiger partial charge in [-0.1, -0.05) is 0 Å². The minimum absolute atomic E-state index is 0.161. The SMILES string of the molecule is CNC(CNC(=O)OC(C)(C)C)c1cc(F)cc(F)c1. The van der Waals surface area contributed by atoms with Crippen LogP contribution in [0.15, 0.2) is 18.2 Å². The lowest BCUT2D eigenvalue weighted by atomic mass is 10.1. The van der Waals surface area contributed by atoms with Gasteiger partial charge in [0.1, 0.15) is 17.2 Å². The van der Waals surface area contributed by atoms with Crippen LogP contribution in [0.3, 0.4) is 0 Å². The minimum Gasteiger partial charge on any atom is -0.444 e. The van der Waals surface area contributed by atoms with E-state index in [0.29, 0.717) is 5.56 Å². The molecule has 1 rings (SSSR count). The van der Waals surface area contributed by atoms with Crippen molar-refractivity contribution in [3.63, 3.8) is 0 Å². The molecule has 1 aromatic carbocycles. The van der Waals surface area contributed by atoms with Gasteiger partial charge in [-0.05, 0) is 45.5 Å². The number of rotatable bonds is 4. The van der Waals surface area contributed by atoms with Crippen molar-refractivity contribution >= 4 is 6.09 Å². The predicted octanol–water partition coefficient (Wildman–Crippen LogP) is 2.75. The highest BCUT2D eigenvalue weighted by Gasteiger charge is 2.18. The number of carbonyl (C=O) groups excluding carboxylic acids is 1. The number of hydrogen-bond acceptors (Lipinski definition) is 3. The number of nitrogens with one attached hydrogen (secondary N) is 2. The zero-order chi connectivity index (χ0) is 15.3. The molecule has 0 saturated carbocycles. The van der Waals surface area contributed by atoms with Crippen molar-refractivity contribution in [2.24, 2.45) is 0 Å². The number of hydrogen-bond donors (Lipinski definition) is 2. The van der Waals surface area contributed by atoms with Gasteiger partial charge in [0.2, 0.25) is 0 Å². The normalized spacial score (nSPS) is 12.9. The average Bonchev–Trinajstić information content (AvgIpc) is 2.25. The topological polar surface area (TPSA) is 50.4 Å². The summed E-state index contributed by atoms with van der Waals surface area (Å²) in [7, 11) is 1.64. The maximum atomic E-state index is 13.2. The number of benzene rings is 1. The molecule has 0 saturated heterocycles. The third-order valence-electron chi connectivity index (χ3n) is 2.49. The molecule has 0 heterocycles. The second-order valence-corrected chi connectivity index (χ2v) is 5.43. The summed E-state index contributed by atoms with van der Waals surface area (Å²) in [6.45, 7) is 5.42. The van der Waals surface area contributed by atoms with Crippen molar-refractivity contribution < 1.29 is 18.3 Å². The molecule has 112 valence electrons. The third kappa shape index (κ3) is 5.52. The first kappa shape index (κ1) is 16.4. The number of halogens is 2. The van der Waals surface area contributed by atoms with Gasteiger partial charge >= 0.3 is 6.09 Å². The van der Waals surface area contributed by atoms with Gasteiger partial charge in [0, 0.05) is 18.7 Å². The quantitative estimate of drug-likeness (QED) is 0.895. The van der Waals surface area contributed by atoms with E-state index in [1.165, 1.54) is 12.1 Å².